The lowest BCUT2D eigenvalue weighted by atomic mass is 9.78. The fraction of sp³-hybridized carbons (Fsp3) is 1.00. The van der Waals surface area contributed by atoms with Crippen molar-refractivity contribution < 1.29 is 0 Å². The zero-order valence-corrected chi connectivity index (χ0v) is 6.43. The fourth-order valence-corrected chi connectivity index (χ4v) is 1.62. The molecule has 0 heterocycles. The number of hydrogen-bond donors (Lipinski definition) is 1. The number of hydrogen-bond acceptors (Lipinski definition) is 1. The minimum Gasteiger partial charge on any atom is -0.327 e. The van der Waals surface area contributed by atoms with Crippen molar-refractivity contribution in [2.75, 3.05) is 0 Å². The van der Waals surface area contributed by atoms with E-state index in [0.29, 0.717) is 6.04 Å². The van der Waals surface area contributed by atoms with Gasteiger partial charge in [-0.3, -0.25) is 0 Å². The molecule has 1 fully saturated rings. The summed E-state index contributed by atoms with van der Waals surface area (Å²) in [6.45, 7) is 4.58. The predicted octanol–water partition coefficient (Wildman–Crippen LogP) is 1.77. The maximum absolute atomic E-state index is 5.87. The Hall–Kier alpha value is -0.0400. The Morgan fingerprint density at radius 3 is 2.33 bits per heavy atom. The first-order valence-corrected chi connectivity index (χ1v) is 3.97. The van der Waals surface area contributed by atoms with Crippen molar-refractivity contribution in [3.63, 3.8) is 0 Å². The molecule has 0 aromatic rings. The van der Waals surface area contributed by atoms with Crippen LogP contribution in [0.3, 0.4) is 0 Å². The summed E-state index contributed by atoms with van der Waals surface area (Å²) in [5, 5.41) is 0. The maximum Gasteiger partial charge on any atom is 0.00670 e. The molecule has 0 radical (unpaired) electrons. The first-order chi connectivity index (χ1) is 4.22. The third-order valence-electron chi connectivity index (χ3n) is 2.77. The van der Waals surface area contributed by atoms with Gasteiger partial charge in [0, 0.05) is 6.04 Å². The molecule has 0 aromatic heterocycles. The van der Waals surface area contributed by atoms with Crippen LogP contribution in [0.4, 0.5) is 0 Å². The quantitative estimate of drug-likeness (QED) is 0.527. The van der Waals surface area contributed by atoms with Crippen LogP contribution < -0.4 is 5.73 Å². The normalized spacial score (nSPS) is 45.0. The summed E-state index contributed by atoms with van der Waals surface area (Å²) in [7, 11) is 0. The highest BCUT2D eigenvalue weighted by molar-refractivity contribution is 4.78. The average Bonchev–Trinajstić information content (AvgIpc) is 1.83. The first kappa shape index (κ1) is 7.07. The molecule has 9 heavy (non-hydrogen) atoms. The monoisotopic (exact) mass is 127 g/mol. The molecule has 0 aromatic carbocycles. The molecule has 0 saturated heterocycles. The predicted molar refractivity (Wildman–Crippen MR) is 40.2 cm³/mol. The van der Waals surface area contributed by atoms with E-state index in [-0.39, 0.29) is 0 Å². The van der Waals surface area contributed by atoms with Gasteiger partial charge in [-0.2, -0.15) is 0 Å². The van der Waals surface area contributed by atoms with Crippen molar-refractivity contribution in [1.82, 2.24) is 0 Å². The molecule has 0 aliphatic heterocycles. The van der Waals surface area contributed by atoms with Gasteiger partial charge in [-0.15, -0.1) is 0 Å². The summed E-state index contributed by atoms with van der Waals surface area (Å²) < 4.78 is 0. The highest BCUT2D eigenvalue weighted by Crippen LogP contribution is 2.27. The molecule has 0 bridgehead atoms. The molecule has 2 unspecified atom stereocenters. The standard InChI is InChI=1S/C8H17N/c1-6-4-3-5-8(9)7(6)2/h6-8H,3-5,9H2,1-2H3/t6?,7?,8-/m1/s1. The lowest BCUT2D eigenvalue weighted by Gasteiger charge is -2.31. The molecule has 54 valence electrons. The van der Waals surface area contributed by atoms with E-state index in [0.717, 1.165) is 11.8 Å². The second kappa shape index (κ2) is 2.70. The summed E-state index contributed by atoms with van der Waals surface area (Å²) in [6.07, 6.45) is 3.97. The SMILES string of the molecule is CC1CCC[C@@H](N)C1C. The van der Waals surface area contributed by atoms with E-state index in [2.05, 4.69) is 13.8 Å². The first-order valence-electron chi connectivity index (χ1n) is 3.97. The largest absolute Gasteiger partial charge is 0.327 e. The lowest BCUT2D eigenvalue weighted by molar-refractivity contribution is 0.240. The topological polar surface area (TPSA) is 26.0 Å². The van der Waals surface area contributed by atoms with E-state index < -0.39 is 0 Å². The molecule has 1 saturated carbocycles. The molecule has 1 nitrogen and oxygen atoms in total. The van der Waals surface area contributed by atoms with Crippen molar-refractivity contribution in [1.29, 1.82) is 0 Å². The van der Waals surface area contributed by atoms with Crippen LogP contribution in [0.1, 0.15) is 33.1 Å². The van der Waals surface area contributed by atoms with Gasteiger partial charge in [0.25, 0.3) is 0 Å². The van der Waals surface area contributed by atoms with Crippen LogP contribution in [0, 0.1) is 11.8 Å². The third kappa shape index (κ3) is 1.45. The van der Waals surface area contributed by atoms with Gasteiger partial charge in [0.2, 0.25) is 0 Å². The van der Waals surface area contributed by atoms with E-state index in [1.165, 1.54) is 19.3 Å². The van der Waals surface area contributed by atoms with Gasteiger partial charge in [0.05, 0.1) is 0 Å². The molecule has 0 spiro atoms. The summed E-state index contributed by atoms with van der Waals surface area (Å²) in [6, 6.07) is 0.480. The molecule has 2 N–H and O–H groups in total. The van der Waals surface area contributed by atoms with Gasteiger partial charge < -0.3 is 5.73 Å². The molecule has 1 rings (SSSR count). The Kier molecular flexibility index (Phi) is 2.12. The van der Waals surface area contributed by atoms with Crippen LogP contribution in [-0.4, -0.2) is 6.04 Å². The van der Waals surface area contributed by atoms with E-state index in [1.807, 2.05) is 0 Å². The highest BCUT2D eigenvalue weighted by atomic mass is 14.7. The van der Waals surface area contributed by atoms with Crippen LogP contribution in [0.2, 0.25) is 0 Å². The van der Waals surface area contributed by atoms with Crippen LogP contribution in [-0.2, 0) is 0 Å². The van der Waals surface area contributed by atoms with Gasteiger partial charge >= 0.3 is 0 Å². The Morgan fingerprint density at radius 2 is 1.89 bits per heavy atom. The van der Waals surface area contributed by atoms with Crippen LogP contribution >= 0.6 is 0 Å². The molecule has 3 atom stereocenters. The molecule has 0 amide bonds. The maximum atomic E-state index is 5.87. The fourth-order valence-electron chi connectivity index (χ4n) is 1.62. The zero-order valence-electron chi connectivity index (χ0n) is 6.43. The second-order valence-corrected chi connectivity index (χ2v) is 3.43. The highest BCUT2D eigenvalue weighted by Gasteiger charge is 2.23. The summed E-state index contributed by atoms with van der Waals surface area (Å²) in [5.41, 5.74) is 5.87. The van der Waals surface area contributed by atoms with E-state index in [9.17, 15) is 0 Å². The minimum atomic E-state index is 0.480. The smallest absolute Gasteiger partial charge is 0.00670 e. The van der Waals surface area contributed by atoms with Gasteiger partial charge in [-0.1, -0.05) is 26.7 Å². The molecular formula is C8H17N. The summed E-state index contributed by atoms with van der Waals surface area (Å²) in [4.78, 5) is 0. The van der Waals surface area contributed by atoms with Crippen molar-refractivity contribution in [2.24, 2.45) is 17.6 Å². The summed E-state index contributed by atoms with van der Waals surface area (Å²) in [5.74, 6) is 1.60. The molecule has 1 aliphatic carbocycles. The van der Waals surface area contributed by atoms with Crippen LogP contribution in [0.5, 0.6) is 0 Å². The van der Waals surface area contributed by atoms with Gasteiger partial charge in [0.15, 0.2) is 0 Å². The van der Waals surface area contributed by atoms with Gasteiger partial charge in [-0.05, 0) is 18.3 Å². The molecule has 1 heteroatoms. The van der Waals surface area contributed by atoms with E-state index in [1.54, 1.807) is 0 Å². The van der Waals surface area contributed by atoms with E-state index >= 15 is 0 Å². The van der Waals surface area contributed by atoms with Crippen molar-refractivity contribution in [2.45, 2.75) is 39.2 Å². The van der Waals surface area contributed by atoms with E-state index in [4.69, 9.17) is 5.73 Å². The number of nitrogens with two attached hydrogens (primary N) is 1. The van der Waals surface area contributed by atoms with Crippen molar-refractivity contribution >= 4 is 0 Å². The zero-order chi connectivity index (χ0) is 6.85. The van der Waals surface area contributed by atoms with Crippen molar-refractivity contribution in [3.8, 4) is 0 Å². The average molecular weight is 127 g/mol. The van der Waals surface area contributed by atoms with Crippen LogP contribution in [0.15, 0.2) is 0 Å². The Bertz CT molecular complexity index is 80.6. The number of rotatable bonds is 0. The Balaban J connectivity index is 2.41. The molecular weight excluding hydrogens is 110 g/mol. The Labute approximate surface area is 57.6 Å². The third-order valence-corrected chi connectivity index (χ3v) is 2.77. The van der Waals surface area contributed by atoms with Gasteiger partial charge in [0.1, 0.15) is 0 Å². The Morgan fingerprint density at radius 1 is 1.22 bits per heavy atom. The summed E-state index contributed by atoms with van der Waals surface area (Å²) >= 11 is 0. The van der Waals surface area contributed by atoms with Gasteiger partial charge in [-0.25, -0.2) is 0 Å². The lowest BCUT2D eigenvalue weighted by Crippen LogP contribution is -2.35. The second-order valence-electron chi connectivity index (χ2n) is 3.43. The van der Waals surface area contributed by atoms with Crippen molar-refractivity contribution in [3.05, 3.63) is 0 Å². The molecule has 1 aliphatic rings. The minimum absolute atomic E-state index is 0.480. The van der Waals surface area contributed by atoms with Crippen LogP contribution in [0.25, 0.3) is 0 Å².